The van der Waals surface area contributed by atoms with Gasteiger partial charge in [-0.15, -0.1) is 0 Å². The highest BCUT2D eigenvalue weighted by molar-refractivity contribution is 7.54. The summed E-state index contributed by atoms with van der Waals surface area (Å²) >= 11 is 0. The minimum atomic E-state index is -3.38. The monoisotopic (exact) mass is 166 g/mol. The van der Waals surface area contributed by atoms with Gasteiger partial charge in [0.25, 0.3) is 0 Å². The smallest absolute Gasteiger partial charge is 0.324 e. The molecule has 0 bridgehead atoms. The maximum atomic E-state index is 11.2. The molecular formula is C6H15O3P. The van der Waals surface area contributed by atoms with Crippen LogP contribution in [0, 0.1) is 0 Å². The van der Waals surface area contributed by atoms with E-state index in [0.29, 0.717) is 0 Å². The van der Waals surface area contributed by atoms with Crippen LogP contribution in [0.5, 0.6) is 0 Å². The maximum absolute atomic E-state index is 11.2. The second-order valence-corrected chi connectivity index (χ2v) is 5.75. The highest BCUT2D eigenvalue weighted by Crippen LogP contribution is 2.54. The van der Waals surface area contributed by atoms with Crippen molar-refractivity contribution in [3.63, 3.8) is 0 Å². The van der Waals surface area contributed by atoms with Gasteiger partial charge < -0.3 is 9.42 Å². The van der Waals surface area contributed by atoms with Gasteiger partial charge in [0, 0.05) is 0 Å². The van der Waals surface area contributed by atoms with Gasteiger partial charge in [-0.1, -0.05) is 0 Å². The Hall–Kier alpha value is 0.150. The predicted molar refractivity (Wildman–Crippen MR) is 41.2 cm³/mol. The molecule has 0 fully saturated rings. The summed E-state index contributed by atoms with van der Waals surface area (Å²) in [6.45, 7) is 7.04. The van der Waals surface area contributed by atoms with Crippen LogP contribution >= 0.6 is 7.60 Å². The Labute approximate surface area is 61.9 Å². The van der Waals surface area contributed by atoms with Crippen LogP contribution in [-0.2, 0) is 9.09 Å². The first kappa shape index (κ1) is 10.2. The molecule has 0 aromatic heterocycles. The molecule has 1 N–H and O–H groups in total. The highest BCUT2D eigenvalue weighted by Gasteiger charge is 2.35. The molecule has 3 nitrogen and oxygen atoms in total. The lowest BCUT2D eigenvalue weighted by Crippen LogP contribution is -2.16. The SMILES string of the molecule is CCOP(=O)(O)C(C)(C)C. The van der Waals surface area contributed by atoms with E-state index in [2.05, 4.69) is 0 Å². The topological polar surface area (TPSA) is 46.5 Å². The van der Waals surface area contributed by atoms with Crippen LogP contribution in [0.15, 0.2) is 0 Å². The molecule has 0 spiro atoms. The van der Waals surface area contributed by atoms with Crippen molar-refractivity contribution >= 4 is 7.60 Å². The van der Waals surface area contributed by atoms with Crippen LogP contribution in [0.2, 0.25) is 0 Å². The van der Waals surface area contributed by atoms with E-state index in [1.807, 2.05) is 0 Å². The van der Waals surface area contributed by atoms with Crippen molar-refractivity contribution in [2.75, 3.05) is 6.61 Å². The van der Waals surface area contributed by atoms with Crippen molar-refractivity contribution in [3.8, 4) is 0 Å². The van der Waals surface area contributed by atoms with Gasteiger partial charge in [0.15, 0.2) is 0 Å². The van der Waals surface area contributed by atoms with Crippen LogP contribution in [0.4, 0.5) is 0 Å². The number of rotatable bonds is 2. The normalized spacial score (nSPS) is 18.5. The first-order chi connectivity index (χ1) is 4.31. The van der Waals surface area contributed by atoms with E-state index in [1.165, 1.54) is 0 Å². The Morgan fingerprint density at radius 1 is 1.50 bits per heavy atom. The lowest BCUT2D eigenvalue weighted by molar-refractivity contribution is 0.254. The van der Waals surface area contributed by atoms with E-state index in [1.54, 1.807) is 27.7 Å². The second kappa shape index (κ2) is 3.04. The third kappa shape index (κ3) is 2.41. The maximum Gasteiger partial charge on any atom is 0.333 e. The van der Waals surface area contributed by atoms with E-state index in [4.69, 9.17) is 4.52 Å². The van der Waals surface area contributed by atoms with Crippen molar-refractivity contribution in [2.24, 2.45) is 0 Å². The summed E-state index contributed by atoms with van der Waals surface area (Å²) in [6.07, 6.45) is 0. The largest absolute Gasteiger partial charge is 0.333 e. The number of hydrogen-bond acceptors (Lipinski definition) is 2. The Morgan fingerprint density at radius 3 is 2.00 bits per heavy atom. The highest BCUT2D eigenvalue weighted by atomic mass is 31.2. The molecule has 4 heteroatoms. The number of hydrogen-bond donors (Lipinski definition) is 1. The molecule has 10 heavy (non-hydrogen) atoms. The zero-order valence-electron chi connectivity index (χ0n) is 6.92. The molecule has 1 unspecified atom stereocenters. The first-order valence-electron chi connectivity index (χ1n) is 3.28. The van der Waals surface area contributed by atoms with E-state index >= 15 is 0 Å². The molecule has 0 aliphatic carbocycles. The summed E-state index contributed by atoms with van der Waals surface area (Å²) < 4.78 is 15.9. The minimum Gasteiger partial charge on any atom is -0.324 e. The van der Waals surface area contributed by atoms with Gasteiger partial charge in [0.1, 0.15) is 0 Å². The predicted octanol–water partition coefficient (Wildman–Crippen LogP) is 2.01. The van der Waals surface area contributed by atoms with Gasteiger partial charge in [-0.05, 0) is 27.7 Å². The van der Waals surface area contributed by atoms with Crippen molar-refractivity contribution < 1.29 is 14.0 Å². The molecule has 0 aliphatic heterocycles. The van der Waals surface area contributed by atoms with Gasteiger partial charge in [-0.25, -0.2) is 0 Å². The Kier molecular flexibility index (Phi) is 3.08. The zero-order chi connectivity index (χ0) is 8.41. The quantitative estimate of drug-likeness (QED) is 0.638. The summed E-state index contributed by atoms with van der Waals surface area (Å²) in [4.78, 5) is 9.18. The van der Waals surface area contributed by atoms with Crippen molar-refractivity contribution in [1.82, 2.24) is 0 Å². The zero-order valence-corrected chi connectivity index (χ0v) is 7.81. The Morgan fingerprint density at radius 2 is 1.90 bits per heavy atom. The third-order valence-electron chi connectivity index (χ3n) is 1.15. The van der Waals surface area contributed by atoms with Crippen LogP contribution in [-0.4, -0.2) is 16.7 Å². The van der Waals surface area contributed by atoms with Crippen molar-refractivity contribution in [2.45, 2.75) is 32.9 Å². The summed E-state index contributed by atoms with van der Waals surface area (Å²) in [5, 5.41) is -0.664. The molecule has 0 aromatic rings. The average molecular weight is 166 g/mol. The molecule has 62 valence electrons. The second-order valence-electron chi connectivity index (χ2n) is 3.11. The van der Waals surface area contributed by atoms with Crippen molar-refractivity contribution in [1.29, 1.82) is 0 Å². The van der Waals surface area contributed by atoms with E-state index in [-0.39, 0.29) is 6.61 Å². The Balaban J connectivity index is 4.26. The van der Waals surface area contributed by atoms with Gasteiger partial charge in [-0.3, -0.25) is 4.57 Å². The van der Waals surface area contributed by atoms with Gasteiger partial charge >= 0.3 is 7.60 Å². The molecule has 0 aromatic carbocycles. The molecule has 0 amide bonds. The van der Waals surface area contributed by atoms with Gasteiger partial charge in [0.05, 0.1) is 11.8 Å². The molecular weight excluding hydrogens is 151 g/mol. The molecule has 0 saturated heterocycles. The van der Waals surface area contributed by atoms with Gasteiger partial charge in [0.2, 0.25) is 0 Å². The lowest BCUT2D eigenvalue weighted by atomic mass is 10.3. The molecule has 0 saturated carbocycles. The molecule has 1 atom stereocenters. The molecule has 0 aliphatic rings. The van der Waals surface area contributed by atoms with E-state index < -0.39 is 12.8 Å². The standard InChI is InChI=1S/C6H15O3P/c1-5-9-10(7,8)6(2,3)4/h5H2,1-4H3,(H,7,8). The molecule has 0 heterocycles. The van der Waals surface area contributed by atoms with Crippen molar-refractivity contribution in [3.05, 3.63) is 0 Å². The fraction of sp³-hybridized carbons (Fsp3) is 1.00. The lowest BCUT2D eigenvalue weighted by Gasteiger charge is -2.24. The fourth-order valence-corrected chi connectivity index (χ4v) is 1.11. The molecule has 0 rings (SSSR count). The summed E-state index contributed by atoms with van der Waals surface area (Å²) in [5.41, 5.74) is 0. The van der Waals surface area contributed by atoms with E-state index in [9.17, 15) is 9.46 Å². The van der Waals surface area contributed by atoms with Crippen LogP contribution < -0.4 is 0 Å². The van der Waals surface area contributed by atoms with Gasteiger partial charge in [-0.2, -0.15) is 0 Å². The van der Waals surface area contributed by atoms with E-state index in [0.717, 1.165) is 0 Å². The Bertz CT molecular complexity index is 148. The average Bonchev–Trinajstić information content (AvgIpc) is 1.61. The van der Waals surface area contributed by atoms with Crippen LogP contribution in [0.25, 0.3) is 0 Å². The molecule has 0 radical (unpaired) electrons. The summed E-state index contributed by atoms with van der Waals surface area (Å²) in [6, 6.07) is 0. The minimum absolute atomic E-state index is 0.283. The first-order valence-corrected chi connectivity index (χ1v) is 4.86. The summed E-state index contributed by atoms with van der Waals surface area (Å²) in [5.74, 6) is 0. The van der Waals surface area contributed by atoms with Crippen LogP contribution in [0.1, 0.15) is 27.7 Å². The fourth-order valence-electron chi connectivity index (χ4n) is 0.369. The summed E-state index contributed by atoms with van der Waals surface area (Å²) in [7, 11) is -3.38. The third-order valence-corrected chi connectivity index (χ3v) is 3.46. The van der Waals surface area contributed by atoms with Crippen LogP contribution in [0.3, 0.4) is 0 Å².